The molecule has 0 fully saturated rings. The molecule has 0 aliphatic heterocycles. The Morgan fingerprint density at radius 2 is 2.15 bits per heavy atom. The van der Waals surface area contributed by atoms with Crippen LogP contribution >= 0.6 is 27.7 Å². The second kappa shape index (κ2) is 7.10. The molecule has 0 aliphatic carbocycles. The van der Waals surface area contributed by atoms with E-state index in [1.54, 1.807) is 26.0 Å². The number of aliphatic carboxylic acids is 1. The van der Waals surface area contributed by atoms with Gasteiger partial charge < -0.3 is 16.2 Å². The summed E-state index contributed by atoms with van der Waals surface area (Å²) in [5, 5.41) is 11.6. The molecule has 0 aliphatic rings. The van der Waals surface area contributed by atoms with Crippen molar-refractivity contribution in [1.82, 2.24) is 0 Å². The van der Waals surface area contributed by atoms with Crippen molar-refractivity contribution in [3.63, 3.8) is 0 Å². The number of carbonyl (C=O) groups excluding carboxylic acids is 1. The van der Waals surface area contributed by atoms with Crippen molar-refractivity contribution in [2.24, 2.45) is 5.73 Å². The molecule has 1 amide bonds. The number of carbonyl (C=O) groups is 2. The molecule has 0 unspecified atom stereocenters. The molecule has 1 rings (SSSR count). The summed E-state index contributed by atoms with van der Waals surface area (Å²) >= 11 is 4.54. The molecule has 0 spiro atoms. The molecule has 0 heterocycles. The topological polar surface area (TPSA) is 92.4 Å². The number of carboxylic acids is 1. The minimum Gasteiger partial charge on any atom is -0.480 e. The second-order valence-corrected chi connectivity index (χ2v) is 7.31. The molecule has 110 valence electrons. The number of hydrogen-bond donors (Lipinski definition) is 3. The fraction of sp³-hybridized carbons (Fsp3) is 0.385. The van der Waals surface area contributed by atoms with Crippen molar-refractivity contribution >= 4 is 45.3 Å². The van der Waals surface area contributed by atoms with E-state index >= 15 is 0 Å². The van der Waals surface area contributed by atoms with Crippen LogP contribution in [-0.2, 0) is 9.59 Å². The average molecular weight is 361 g/mol. The molecule has 0 radical (unpaired) electrons. The molecule has 4 N–H and O–H groups in total. The summed E-state index contributed by atoms with van der Waals surface area (Å²) in [6.45, 7) is 3.42. The Labute approximate surface area is 130 Å². The van der Waals surface area contributed by atoms with E-state index in [0.29, 0.717) is 5.69 Å². The lowest BCUT2D eigenvalue weighted by atomic mass is 10.1. The van der Waals surface area contributed by atoms with Gasteiger partial charge in [-0.05, 0) is 32.0 Å². The maximum atomic E-state index is 11.8. The van der Waals surface area contributed by atoms with Gasteiger partial charge in [-0.2, -0.15) is 0 Å². The quantitative estimate of drug-likeness (QED) is 0.723. The van der Waals surface area contributed by atoms with E-state index in [9.17, 15) is 9.59 Å². The van der Waals surface area contributed by atoms with Crippen LogP contribution in [-0.4, -0.2) is 33.5 Å². The number of thioether (sulfide) groups is 1. The van der Waals surface area contributed by atoms with Crippen LogP contribution in [0.25, 0.3) is 0 Å². The van der Waals surface area contributed by atoms with Crippen LogP contribution in [0.1, 0.15) is 13.8 Å². The molecule has 0 saturated heterocycles. The van der Waals surface area contributed by atoms with Gasteiger partial charge in [0.2, 0.25) is 5.91 Å². The van der Waals surface area contributed by atoms with Crippen LogP contribution in [0.4, 0.5) is 5.69 Å². The third-order valence-corrected chi connectivity index (χ3v) is 4.60. The van der Waals surface area contributed by atoms with Crippen LogP contribution in [0.5, 0.6) is 0 Å². The number of halogens is 1. The smallest absolute Gasteiger partial charge is 0.321 e. The zero-order valence-corrected chi connectivity index (χ0v) is 13.6. The maximum absolute atomic E-state index is 11.8. The van der Waals surface area contributed by atoms with Gasteiger partial charge in [-0.3, -0.25) is 9.59 Å². The molecular formula is C13H17BrN2O3S. The Morgan fingerprint density at radius 3 is 2.70 bits per heavy atom. The highest BCUT2D eigenvalue weighted by molar-refractivity contribution is 9.10. The van der Waals surface area contributed by atoms with Gasteiger partial charge in [0, 0.05) is 14.9 Å². The number of rotatable bonds is 6. The Morgan fingerprint density at radius 1 is 1.50 bits per heavy atom. The average Bonchev–Trinajstić information content (AvgIpc) is 2.35. The van der Waals surface area contributed by atoms with Gasteiger partial charge >= 0.3 is 5.97 Å². The van der Waals surface area contributed by atoms with Gasteiger partial charge in [0.25, 0.3) is 0 Å². The lowest BCUT2D eigenvalue weighted by Gasteiger charge is -2.27. The number of anilines is 1. The van der Waals surface area contributed by atoms with Crippen LogP contribution < -0.4 is 11.1 Å². The largest absolute Gasteiger partial charge is 0.480 e. The zero-order valence-electron chi connectivity index (χ0n) is 11.2. The molecule has 1 aromatic rings. The van der Waals surface area contributed by atoms with E-state index in [4.69, 9.17) is 10.8 Å². The molecule has 7 heteroatoms. The van der Waals surface area contributed by atoms with Gasteiger partial charge in [0.15, 0.2) is 0 Å². The van der Waals surface area contributed by atoms with Gasteiger partial charge in [0.1, 0.15) is 6.04 Å². The lowest BCUT2D eigenvalue weighted by Crippen LogP contribution is -2.47. The summed E-state index contributed by atoms with van der Waals surface area (Å²) in [5.74, 6) is -1.13. The van der Waals surface area contributed by atoms with Crippen molar-refractivity contribution in [3.05, 3.63) is 28.7 Å². The molecule has 5 nitrogen and oxygen atoms in total. The highest BCUT2D eigenvalue weighted by Crippen LogP contribution is 2.27. The van der Waals surface area contributed by atoms with Crippen molar-refractivity contribution < 1.29 is 14.7 Å². The molecule has 0 aromatic heterocycles. The third kappa shape index (κ3) is 5.15. The summed E-state index contributed by atoms with van der Waals surface area (Å²) in [6, 6.07) is 6.22. The SMILES string of the molecule is CC(C)(SCC(=O)Nc1cccc(Br)c1)[C@H](N)C(=O)O. The van der Waals surface area contributed by atoms with Gasteiger partial charge in [-0.1, -0.05) is 22.0 Å². The fourth-order valence-corrected chi connectivity index (χ4v) is 2.66. The van der Waals surface area contributed by atoms with Crippen molar-refractivity contribution in [1.29, 1.82) is 0 Å². The number of hydrogen-bond acceptors (Lipinski definition) is 4. The Balaban J connectivity index is 2.53. The van der Waals surface area contributed by atoms with Gasteiger partial charge in [-0.15, -0.1) is 11.8 Å². The first-order chi connectivity index (χ1) is 9.22. The minimum atomic E-state index is -1.07. The highest BCUT2D eigenvalue weighted by atomic mass is 79.9. The van der Waals surface area contributed by atoms with E-state index in [2.05, 4.69) is 21.2 Å². The van der Waals surface area contributed by atoms with Crippen molar-refractivity contribution in [2.75, 3.05) is 11.1 Å². The normalized spacial score (nSPS) is 12.8. The van der Waals surface area contributed by atoms with E-state index in [1.807, 2.05) is 12.1 Å². The van der Waals surface area contributed by atoms with E-state index in [1.165, 1.54) is 11.8 Å². The molecule has 0 bridgehead atoms. The standard InChI is InChI=1S/C13H17BrN2O3S/c1-13(2,11(15)12(18)19)20-7-10(17)16-9-5-3-4-8(14)6-9/h3-6,11H,7,15H2,1-2H3,(H,16,17)(H,18,19)/t11-/m1/s1. The summed E-state index contributed by atoms with van der Waals surface area (Å²) in [7, 11) is 0. The Kier molecular flexibility index (Phi) is 6.04. The number of nitrogens with one attached hydrogen (secondary N) is 1. The van der Waals surface area contributed by atoms with Gasteiger partial charge in [0.05, 0.1) is 5.75 Å². The summed E-state index contributed by atoms with van der Waals surface area (Å²) in [6.07, 6.45) is 0. The maximum Gasteiger partial charge on any atom is 0.321 e. The first-order valence-corrected chi connectivity index (χ1v) is 7.68. The number of benzene rings is 1. The monoisotopic (exact) mass is 360 g/mol. The minimum absolute atomic E-state index is 0.139. The number of carboxylic acid groups (broad SMARTS) is 1. The summed E-state index contributed by atoms with van der Waals surface area (Å²) in [5.41, 5.74) is 6.28. The second-order valence-electron chi connectivity index (χ2n) is 4.77. The fourth-order valence-electron chi connectivity index (χ4n) is 1.40. The Hall–Kier alpha value is -1.05. The van der Waals surface area contributed by atoms with E-state index in [0.717, 1.165) is 4.47 Å². The van der Waals surface area contributed by atoms with Crippen LogP contribution in [0.2, 0.25) is 0 Å². The van der Waals surface area contributed by atoms with Crippen LogP contribution in [0.3, 0.4) is 0 Å². The summed E-state index contributed by atoms with van der Waals surface area (Å²) < 4.78 is 0.150. The van der Waals surface area contributed by atoms with Gasteiger partial charge in [-0.25, -0.2) is 0 Å². The summed E-state index contributed by atoms with van der Waals surface area (Å²) in [4.78, 5) is 22.7. The highest BCUT2D eigenvalue weighted by Gasteiger charge is 2.33. The van der Waals surface area contributed by atoms with Crippen molar-refractivity contribution in [3.8, 4) is 0 Å². The third-order valence-electron chi connectivity index (χ3n) is 2.70. The molecule has 1 aromatic carbocycles. The van der Waals surface area contributed by atoms with E-state index < -0.39 is 16.8 Å². The van der Waals surface area contributed by atoms with Crippen LogP contribution in [0, 0.1) is 0 Å². The number of amides is 1. The molecule has 0 saturated carbocycles. The first-order valence-electron chi connectivity index (χ1n) is 5.90. The van der Waals surface area contributed by atoms with Crippen LogP contribution in [0.15, 0.2) is 28.7 Å². The predicted molar refractivity (Wildman–Crippen MR) is 84.9 cm³/mol. The molecule has 20 heavy (non-hydrogen) atoms. The number of nitrogens with two attached hydrogens (primary N) is 1. The van der Waals surface area contributed by atoms with Crippen molar-refractivity contribution in [2.45, 2.75) is 24.6 Å². The Bertz CT molecular complexity index is 508. The lowest BCUT2D eigenvalue weighted by molar-refractivity contribution is -0.139. The first kappa shape index (κ1) is 17.0. The predicted octanol–water partition coefficient (Wildman–Crippen LogP) is 2.31. The molecular weight excluding hydrogens is 344 g/mol. The zero-order chi connectivity index (χ0) is 15.3. The molecule has 1 atom stereocenters. The van der Waals surface area contributed by atoms with E-state index in [-0.39, 0.29) is 11.7 Å².